The molecular formula is C11H17N. The van der Waals surface area contributed by atoms with Crippen molar-refractivity contribution in [3.05, 3.63) is 30.1 Å². The van der Waals surface area contributed by atoms with Gasteiger partial charge in [0.2, 0.25) is 0 Å². The monoisotopic (exact) mass is 163 g/mol. The second kappa shape index (κ2) is 4.91. The van der Waals surface area contributed by atoms with Crippen LogP contribution in [-0.2, 0) is 6.42 Å². The molecule has 0 saturated carbocycles. The van der Waals surface area contributed by atoms with Gasteiger partial charge in [-0.05, 0) is 24.0 Å². The van der Waals surface area contributed by atoms with Gasteiger partial charge in [-0.1, -0.05) is 32.8 Å². The van der Waals surface area contributed by atoms with Crippen LogP contribution in [-0.4, -0.2) is 4.98 Å². The molecule has 0 N–H and O–H groups in total. The predicted octanol–water partition coefficient (Wildman–Crippen LogP) is 3.06. The SMILES string of the molecule is CCCC(C)Cc1cccnc1. The number of hydrogen-bond acceptors (Lipinski definition) is 1. The van der Waals surface area contributed by atoms with E-state index in [1.54, 1.807) is 0 Å². The minimum Gasteiger partial charge on any atom is -0.264 e. The van der Waals surface area contributed by atoms with E-state index in [1.165, 1.54) is 24.8 Å². The molecule has 1 aromatic rings. The van der Waals surface area contributed by atoms with Crippen LogP contribution in [0, 0.1) is 5.92 Å². The average molecular weight is 163 g/mol. The smallest absolute Gasteiger partial charge is 0.0299 e. The largest absolute Gasteiger partial charge is 0.264 e. The molecule has 1 unspecified atom stereocenters. The fourth-order valence-corrected chi connectivity index (χ4v) is 1.52. The highest BCUT2D eigenvalue weighted by atomic mass is 14.6. The third-order valence-electron chi connectivity index (χ3n) is 2.09. The molecule has 0 aliphatic rings. The lowest BCUT2D eigenvalue weighted by Crippen LogP contribution is -1.98. The van der Waals surface area contributed by atoms with Gasteiger partial charge in [0.25, 0.3) is 0 Å². The van der Waals surface area contributed by atoms with E-state index in [2.05, 4.69) is 24.9 Å². The molecule has 1 heteroatoms. The van der Waals surface area contributed by atoms with Gasteiger partial charge in [0, 0.05) is 12.4 Å². The first-order chi connectivity index (χ1) is 5.83. The summed E-state index contributed by atoms with van der Waals surface area (Å²) in [5.41, 5.74) is 1.36. The van der Waals surface area contributed by atoms with Gasteiger partial charge < -0.3 is 0 Å². The van der Waals surface area contributed by atoms with E-state index >= 15 is 0 Å². The lowest BCUT2D eigenvalue weighted by atomic mass is 9.98. The summed E-state index contributed by atoms with van der Waals surface area (Å²) in [4.78, 5) is 4.10. The maximum atomic E-state index is 4.10. The van der Waals surface area contributed by atoms with Gasteiger partial charge in [-0.2, -0.15) is 0 Å². The molecule has 0 aliphatic carbocycles. The van der Waals surface area contributed by atoms with Crippen molar-refractivity contribution in [2.45, 2.75) is 33.1 Å². The van der Waals surface area contributed by atoms with Crippen molar-refractivity contribution >= 4 is 0 Å². The van der Waals surface area contributed by atoms with Crippen LogP contribution in [0.15, 0.2) is 24.5 Å². The Hall–Kier alpha value is -0.850. The van der Waals surface area contributed by atoms with Crippen LogP contribution < -0.4 is 0 Å². The van der Waals surface area contributed by atoms with E-state index in [1.807, 2.05) is 18.5 Å². The minimum absolute atomic E-state index is 0.791. The zero-order valence-electron chi connectivity index (χ0n) is 7.96. The number of aromatic nitrogens is 1. The quantitative estimate of drug-likeness (QED) is 0.664. The normalized spacial score (nSPS) is 12.8. The van der Waals surface area contributed by atoms with Gasteiger partial charge in [-0.15, -0.1) is 0 Å². The van der Waals surface area contributed by atoms with Crippen LogP contribution >= 0.6 is 0 Å². The summed E-state index contributed by atoms with van der Waals surface area (Å²) >= 11 is 0. The van der Waals surface area contributed by atoms with Gasteiger partial charge >= 0.3 is 0 Å². The molecule has 0 bridgehead atoms. The van der Waals surface area contributed by atoms with Crippen molar-refractivity contribution in [1.29, 1.82) is 0 Å². The molecule has 0 amide bonds. The summed E-state index contributed by atoms with van der Waals surface area (Å²) < 4.78 is 0. The molecule has 0 aliphatic heterocycles. The topological polar surface area (TPSA) is 12.9 Å². The molecule has 66 valence electrons. The first kappa shape index (κ1) is 9.24. The molecule has 12 heavy (non-hydrogen) atoms. The summed E-state index contributed by atoms with van der Waals surface area (Å²) in [6.07, 6.45) is 7.55. The molecule has 0 radical (unpaired) electrons. The van der Waals surface area contributed by atoms with Crippen LogP contribution in [0.25, 0.3) is 0 Å². The zero-order chi connectivity index (χ0) is 8.81. The van der Waals surface area contributed by atoms with Crippen molar-refractivity contribution in [1.82, 2.24) is 4.98 Å². The highest BCUT2D eigenvalue weighted by Gasteiger charge is 2.01. The van der Waals surface area contributed by atoms with E-state index < -0.39 is 0 Å². The molecule has 1 rings (SSSR count). The minimum atomic E-state index is 0.791. The van der Waals surface area contributed by atoms with E-state index in [4.69, 9.17) is 0 Å². The first-order valence-electron chi connectivity index (χ1n) is 4.71. The highest BCUT2D eigenvalue weighted by Crippen LogP contribution is 2.11. The van der Waals surface area contributed by atoms with E-state index in [0.717, 1.165) is 5.92 Å². The summed E-state index contributed by atoms with van der Waals surface area (Å²) in [7, 11) is 0. The number of nitrogens with zero attached hydrogens (tertiary/aromatic N) is 1. The van der Waals surface area contributed by atoms with Crippen molar-refractivity contribution in [3.8, 4) is 0 Å². The summed E-state index contributed by atoms with van der Waals surface area (Å²) in [6.45, 7) is 4.54. The van der Waals surface area contributed by atoms with Crippen molar-refractivity contribution in [3.63, 3.8) is 0 Å². The summed E-state index contributed by atoms with van der Waals surface area (Å²) in [6, 6.07) is 4.16. The van der Waals surface area contributed by atoms with Crippen LogP contribution in [0.2, 0.25) is 0 Å². The molecule has 0 fully saturated rings. The maximum absolute atomic E-state index is 4.10. The average Bonchev–Trinajstić information content (AvgIpc) is 2.06. The molecule has 0 saturated heterocycles. The first-order valence-corrected chi connectivity index (χ1v) is 4.71. The van der Waals surface area contributed by atoms with E-state index in [-0.39, 0.29) is 0 Å². The van der Waals surface area contributed by atoms with Gasteiger partial charge in [-0.3, -0.25) is 4.98 Å². The molecule has 0 aromatic carbocycles. The zero-order valence-corrected chi connectivity index (χ0v) is 7.96. The van der Waals surface area contributed by atoms with Crippen LogP contribution in [0.4, 0.5) is 0 Å². The van der Waals surface area contributed by atoms with Gasteiger partial charge in [-0.25, -0.2) is 0 Å². The Morgan fingerprint density at radius 2 is 2.33 bits per heavy atom. The van der Waals surface area contributed by atoms with Gasteiger partial charge in [0.1, 0.15) is 0 Å². The van der Waals surface area contributed by atoms with Crippen molar-refractivity contribution < 1.29 is 0 Å². The molecule has 1 nitrogen and oxygen atoms in total. The van der Waals surface area contributed by atoms with E-state index in [0.29, 0.717) is 0 Å². The maximum Gasteiger partial charge on any atom is 0.0299 e. The Bertz CT molecular complexity index is 206. The Kier molecular flexibility index (Phi) is 3.78. The fourth-order valence-electron chi connectivity index (χ4n) is 1.52. The van der Waals surface area contributed by atoms with Crippen LogP contribution in [0.5, 0.6) is 0 Å². The molecule has 1 heterocycles. The van der Waals surface area contributed by atoms with Crippen LogP contribution in [0.3, 0.4) is 0 Å². The van der Waals surface area contributed by atoms with Crippen molar-refractivity contribution in [2.24, 2.45) is 5.92 Å². The lowest BCUT2D eigenvalue weighted by Gasteiger charge is -2.08. The Balaban J connectivity index is 2.41. The highest BCUT2D eigenvalue weighted by molar-refractivity contribution is 5.08. The second-order valence-corrected chi connectivity index (χ2v) is 3.46. The molecule has 0 spiro atoms. The number of pyridine rings is 1. The predicted molar refractivity (Wildman–Crippen MR) is 52.0 cm³/mol. The molecular weight excluding hydrogens is 146 g/mol. The number of rotatable bonds is 4. The number of hydrogen-bond donors (Lipinski definition) is 0. The Morgan fingerprint density at radius 3 is 2.92 bits per heavy atom. The van der Waals surface area contributed by atoms with E-state index in [9.17, 15) is 0 Å². The Morgan fingerprint density at radius 1 is 1.50 bits per heavy atom. The molecule has 1 atom stereocenters. The summed E-state index contributed by atoms with van der Waals surface area (Å²) in [5.74, 6) is 0.791. The third kappa shape index (κ3) is 3.04. The van der Waals surface area contributed by atoms with Crippen LogP contribution in [0.1, 0.15) is 32.3 Å². The summed E-state index contributed by atoms with van der Waals surface area (Å²) in [5, 5.41) is 0. The Labute approximate surface area is 74.8 Å². The standard InChI is InChI=1S/C11H17N/c1-3-5-10(2)8-11-6-4-7-12-9-11/h4,6-7,9-10H,3,5,8H2,1-2H3. The second-order valence-electron chi connectivity index (χ2n) is 3.46. The molecule has 1 aromatic heterocycles. The van der Waals surface area contributed by atoms with Gasteiger partial charge in [0.15, 0.2) is 0 Å². The van der Waals surface area contributed by atoms with Gasteiger partial charge in [0.05, 0.1) is 0 Å². The lowest BCUT2D eigenvalue weighted by molar-refractivity contribution is 0.522. The fraction of sp³-hybridized carbons (Fsp3) is 0.545. The van der Waals surface area contributed by atoms with Crippen molar-refractivity contribution in [2.75, 3.05) is 0 Å². The third-order valence-corrected chi connectivity index (χ3v) is 2.09.